The third-order valence-electron chi connectivity index (χ3n) is 4.58. The van der Waals surface area contributed by atoms with E-state index < -0.39 is 0 Å². The molecule has 4 aromatic rings. The second-order valence-corrected chi connectivity index (χ2v) is 8.28. The third-order valence-corrected chi connectivity index (χ3v) is 5.32. The van der Waals surface area contributed by atoms with E-state index >= 15 is 0 Å². The fourth-order valence-corrected chi connectivity index (χ4v) is 3.68. The highest BCUT2D eigenvalue weighted by atomic mass is 79.9. The third kappa shape index (κ3) is 4.30. The number of benzene rings is 3. The van der Waals surface area contributed by atoms with Gasteiger partial charge in [0.05, 0.1) is 5.69 Å². The maximum atomic E-state index is 12.9. The summed E-state index contributed by atoms with van der Waals surface area (Å²) in [5.74, 6) is 0.268. The number of carbonyl (C=O) groups excluding carboxylic acids is 1. The Morgan fingerprint density at radius 3 is 2.50 bits per heavy atom. The first-order chi connectivity index (χ1) is 14.4. The van der Waals surface area contributed by atoms with Crippen LogP contribution in [-0.4, -0.2) is 20.7 Å². The molecule has 0 bridgehead atoms. The molecule has 1 heterocycles. The van der Waals surface area contributed by atoms with Crippen molar-refractivity contribution in [1.82, 2.24) is 14.8 Å². The first-order valence-corrected chi connectivity index (χ1v) is 10.5. The van der Waals surface area contributed by atoms with Crippen LogP contribution >= 0.6 is 27.5 Å². The Bertz CT molecular complexity index is 1230. The predicted octanol–water partition coefficient (Wildman–Crippen LogP) is 6.22. The number of aromatic nitrogens is 3. The monoisotopic (exact) mass is 480 g/mol. The van der Waals surface area contributed by atoms with Crippen molar-refractivity contribution in [3.8, 4) is 17.1 Å². The first kappa shape index (κ1) is 20.3. The number of hydrogen-bond acceptors (Lipinski definition) is 3. The summed E-state index contributed by atoms with van der Waals surface area (Å²) in [5, 5.41) is 8.01. The van der Waals surface area contributed by atoms with Crippen LogP contribution in [0.4, 0.5) is 5.69 Å². The summed E-state index contributed by atoms with van der Waals surface area (Å²) in [7, 11) is 0. The van der Waals surface area contributed by atoms with Gasteiger partial charge in [0.2, 0.25) is 5.82 Å². The van der Waals surface area contributed by atoms with E-state index in [4.69, 9.17) is 11.6 Å². The molecule has 0 spiro atoms. The Morgan fingerprint density at radius 2 is 1.80 bits per heavy atom. The molecule has 0 radical (unpaired) electrons. The van der Waals surface area contributed by atoms with Crippen molar-refractivity contribution in [2.24, 2.45) is 0 Å². The number of halogens is 2. The Kier molecular flexibility index (Phi) is 5.70. The Labute approximate surface area is 187 Å². The maximum absolute atomic E-state index is 12.9. The van der Waals surface area contributed by atoms with Gasteiger partial charge in [-0.3, -0.25) is 4.79 Å². The molecule has 0 unspecified atom stereocenters. The number of anilines is 1. The van der Waals surface area contributed by atoms with Gasteiger partial charge >= 0.3 is 0 Å². The van der Waals surface area contributed by atoms with Crippen molar-refractivity contribution in [2.45, 2.75) is 13.8 Å². The summed E-state index contributed by atoms with van der Waals surface area (Å²) in [6, 6.07) is 20.7. The molecule has 0 aliphatic rings. The van der Waals surface area contributed by atoms with E-state index in [2.05, 4.69) is 37.4 Å². The van der Waals surface area contributed by atoms with E-state index in [0.29, 0.717) is 16.5 Å². The molecule has 0 aliphatic carbocycles. The van der Waals surface area contributed by atoms with Crippen molar-refractivity contribution in [2.75, 3.05) is 5.32 Å². The van der Waals surface area contributed by atoms with Gasteiger partial charge in [-0.05, 0) is 67.9 Å². The van der Waals surface area contributed by atoms with E-state index in [1.165, 1.54) is 0 Å². The molecule has 4 rings (SSSR count). The second-order valence-electron chi connectivity index (χ2n) is 6.93. The molecule has 0 saturated heterocycles. The van der Waals surface area contributed by atoms with Gasteiger partial charge in [0, 0.05) is 20.7 Å². The summed E-state index contributed by atoms with van der Waals surface area (Å²) < 4.78 is 2.57. The fraction of sp³-hybridized carbons (Fsp3) is 0.0870. The van der Waals surface area contributed by atoms with Crippen molar-refractivity contribution >= 4 is 39.1 Å². The Hall–Kier alpha value is -2.96. The first-order valence-electron chi connectivity index (χ1n) is 9.28. The van der Waals surface area contributed by atoms with E-state index in [1.54, 1.807) is 16.8 Å². The van der Waals surface area contributed by atoms with Crippen molar-refractivity contribution < 1.29 is 4.79 Å². The highest BCUT2D eigenvalue weighted by Crippen LogP contribution is 2.25. The SMILES string of the molecule is Cc1ccc(-n2nc(C(=O)Nc3cccc(Br)c3)nc2-c2ccc(Cl)cc2)c(C)c1. The number of carbonyl (C=O) groups is 1. The van der Waals surface area contributed by atoms with Gasteiger partial charge in [0.1, 0.15) is 0 Å². The molecule has 1 aromatic heterocycles. The minimum atomic E-state index is -0.383. The summed E-state index contributed by atoms with van der Waals surface area (Å²) in [4.78, 5) is 17.4. The van der Waals surface area contributed by atoms with Crippen LogP contribution in [0.2, 0.25) is 5.02 Å². The van der Waals surface area contributed by atoms with Gasteiger partial charge in [-0.25, -0.2) is 9.67 Å². The molecular formula is C23H18BrClN4O. The van der Waals surface area contributed by atoms with Crippen molar-refractivity contribution in [3.05, 3.63) is 93.2 Å². The van der Waals surface area contributed by atoms with Gasteiger partial charge in [-0.15, -0.1) is 5.10 Å². The molecule has 5 nitrogen and oxygen atoms in total. The zero-order chi connectivity index (χ0) is 21.3. The lowest BCUT2D eigenvalue weighted by Crippen LogP contribution is -2.14. The summed E-state index contributed by atoms with van der Waals surface area (Å²) >= 11 is 9.45. The molecule has 7 heteroatoms. The molecule has 0 atom stereocenters. The smallest absolute Gasteiger partial charge is 0.295 e. The van der Waals surface area contributed by atoms with E-state index in [0.717, 1.165) is 26.9 Å². The van der Waals surface area contributed by atoms with Crippen molar-refractivity contribution in [1.29, 1.82) is 0 Å². The van der Waals surface area contributed by atoms with E-state index in [-0.39, 0.29) is 11.7 Å². The van der Waals surface area contributed by atoms with Gasteiger partial charge in [0.25, 0.3) is 5.91 Å². The highest BCUT2D eigenvalue weighted by Gasteiger charge is 2.20. The maximum Gasteiger partial charge on any atom is 0.295 e. The predicted molar refractivity (Wildman–Crippen MR) is 123 cm³/mol. The zero-order valence-corrected chi connectivity index (χ0v) is 18.7. The molecule has 3 aromatic carbocycles. The second kappa shape index (κ2) is 8.42. The average Bonchev–Trinajstić information content (AvgIpc) is 3.14. The zero-order valence-electron chi connectivity index (χ0n) is 16.4. The largest absolute Gasteiger partial charge is 0.319 e. The number of aryl methyl sites for hydroxylation is 2. The minimum absolute atomic E-state index is 0.0832. The Morgan fingerprint density at radius 1 is 1.03 bits per heavy atom. The lowest BCUT2D eigenvalue weighted by atomic mass is 10.1. The lowest BCUT2D eigenvalue weighted by molar-refractivity contribution is 0.101. The van der Waals surface area contributed by atoms with Gasteiger partial charge in [-0.2, -0.15) is 0 Å². The van der Waals surface area contributed by atoms with Crippen LogP contribution in [0.3, 0.4) is 0 Å². The number of rotatable bonds is 4. The summed E-state index contributed by atoms with van der Waals surface area (Å²) in [6.07, 6.45) is 0. The van der Waals surface area contributed by atoms with E-state index in [1.807, 2.05) is 62.4 Å². The normalized spacial score (nSPS) is 10.8. The minimum Gasteiger partial charge on any atom is -0.319 e. The lowest BCUT2D eigenvalue weighted by Gasteiger charge is -2.10. The standard InChI is InChI=1S/C23H18BrClN4O/c1-14-6-11-20(15(2)12-14)29-22(16-7-9-18(25)10-8-16)27-21(28-29)23(30)26-19-5-3-4-17(24)13-19/h3-13H,1-2H3,(H,26,30). The van der Waals surface area contributed by atoms with Crippen molar-refractivity contribution in [3.63, 3.8) is 0 Å². The van der Waals surface area contributed by atoms with Crippen LogP contribution in [0.5, 0.6) is 0 Å². The molecular weight excluding hydrogens is 464 g/mol. The topological polar surface area (TPSA) is 59.8 Å². The average molecular weight is 482 g/mol. The number of nitrogens with zero attached hydrogens (tertiary/aromatic N) is 3. The molecule has 1 N–H and O–H groups in total. The molecule has 150 valence electrons. The van der Waals surface area contributed by atoms with Gasteiger partial charge < -0.3 is 5.32 Å². The molecule has 0 aliphatic heterocycles. The molecule has 1 amide bonds. The summed E-state index contributed by atoms with van der Waals surface area (Å²) in [6.45, 7) is 4.05. The van der Waals surface area contributed by atoms with Gasteiger partial charge in [-0.1, -0.05) is 51.3 Å². The summed E-state index contributed by atoms with van der Waals surface area (Å²) in [5.41, 5.74) is 4.52. The van der Waals surface area contributed by atoms with Crippen LogP contribution in [0.25, 0.3) is 17.1 Å². The van der Waals surface area contributed by atoms with Crippen LogP contribution in [0, 0.1) is 13.8 Å². The molecule has 30 heavy (non-hydrogen) atoms. The highest BCUT2D eigenvalue weighted by molar-refractivity contribution is 9.10. The number of nitrogens with one attached hydrogen (secondary N) is 1. The van der Waals surface area contributed by atoms with Crippen LogP contribution < -0.4 is 5.32 Å². The number of amides is 1. The quantitative estimate of drug-likeness (QED) is 0.376. The van der Waals surface area contributed by atoms with Crippen LogP contribution in [-0.2, 0) is 0 Å². The molecule has 0 saturated carbocycles. The van der Waals surface area contributed by atoms with E-state index in [9.17, 15) is 4.79 Å². The molecule has 0 fully saturated rings. The number of hydrogen-bond donors (Lipinski definition) is 1. The fourth-order valence-electron chi connectivity index (χ4n) is 3.16. The Balaban J connectivity index is 1.79. The van der Waals surface area contributed by atoms with Crippen LogP contribution in [0.1, 0.15) is 21.7 Å². The van der Waals surface area contributed by atoms with Gasteiger partial charge in [0.15, 0.2) is 5.82 Å². The van der Waals surface area contributed by atoms with Crippen LogP contribution in [0.15, 0.2) is 71.2 Å².